The second-order valence-corrected chi connectivity index (χ2v) is 8.19. The minimum absolute atomic E-state index is 0.0573. The minimum atomic E-state index is -3.57. The molecule has 0 spiro atoms. The molecule has 1 aliphatic carbocycles. The molecule has 1 atom stereocenters. The molecule has 2 aliphatic rings. The second-order valence-electron chi connectivity index (χ2n) is 6.25. The Kier molecular flexibility index (Phi) is 3.62. The van der Waals surface area contributed by atoms with Gasteiger partial charge in [-0.15, -0.1) is 0 Å². The Hall–Kier alpha value is -2.24. The molecule has 0 radical (unpaired) electrons. The fourth-order valence-corrected chi connectivity index (χ4v) is 4.42. The van der Waals surface area contributed by atoms with Gasteiger partial charge in [-0.2, -0.15) is 14.6 Å². The summed E-state index contributed by atoms with van der Waals surface area (Å²) in [5.41, 5.74) is 0.437. The summed E-state index contributed by atoms with van der Waals surface area (Å²) in [6, 6.07) is 7.96. The molecule has 124 valence electrons. The number of benzene rings is 1. The predicted molar refractivity (Wildman–Crippen MR) is 83.5 cm³/mol. The molecule has 2 fully saturated rings. The SMILES string of the molecule is N#Cc1ccc(S(=O)(=O)N2CCC(c3nc(C4CC4)no3)C2)cc1. The highest BCUT2D eigenvalue weighted by Gasteiger charge is 2.37. The van der Waals surface area contributed by atoms with Crippen LogP contribution in [-0.2, 0) is 10.0 Å². The molecule has 1 saturated heterocycles. The Morgan fingerprint density at radius 3 is 2.58 bits per heavy atom. The van der Waals surface area contributed by atoms with Crippen LogP contribution >= 0.6 is 0 Å². The lowest BCUT2D eigenvalue weighted by Gasteiger charge is -2.15. The topological polar surface area (TPSA) is 100 Å². The fraction of sp³-hybridized carbons (Fsp3) is 0.438. The lowest BCUT2D eigenvalue weighted by atomic mass is 10.1. The molecule has 0 N–H and O–H groups in total. The third kappa shape index (κ3) is 2.70. The monoisotopic (exact) mass is 344 g/mol. The Labute approximate surface area is 139 Å². The smallest absolute Gasteiger partial charge is 0.243 e. The van der Waals surface area contributed by atoms with E-state index in [1.807, 2.05) is 6.07 Å². The standard InChI is InChI=1S/C16H16N4O3S/c17-9-11-1-5-14(6-2-11)24(21,22)20-8-7-13(10-20)16-18-15(19-23-16)12-3-4-12/h1-2,5-6,12-13H,3-4,7-8,10H2. The molecule has 1 aromatic carbocycles. The van der Waals surface area contributed by atoms with Crippen LogP contribution in [0.25, 0.3) is 0 Å². The van der Waals surface area contributed by atoms with Crippen molar-refractivity contribution in [2.75, 3.05) is 13.1 Å². The highest BCUT2D eigenvalue weighted by Crippen LogP contribution is 2.39. The number of rotatable bonds is 4. The van der Waals surface area contributed by atoms with Crippen LogP contribution in [0.4, 0.5) is 0 Å². The molecule has 1 saturated carbocycles. The highest BCUT2D eigenvalue weighted by atomic mass is 32.2. The summed E-state index contributed by atoms with van der Waals surface area (Å²) < 4.78 is 32.2. The van der Waals surface area contributed by atoms with Gasteiger partial charge < -0.3 is 4.52 Å². The Morgan fingerprint density at radius 2 is 1.92 bits per heavy atom. The van der Waals surface area contributed by atoms with E-state index in [0.29, 0.717) is 36.9 Å². The molecule has 8 heteroatoms. The van der Waals surface area contributed by atoms with E-state index >= 15 is 0 Å². The number of nitriles is 1. The van der Waals surface area contributed by atoms with Crippen molar-refractivity contribution in [3.63, 3.8) is 0 Å². The van der Waals surface area contributed by atoms with Crippen molar-refractivity contribution in [1.29, 1.82) is 5.26 Å². The molecular formula is C16H16N4O3S. The van der Waals surface area contributed by atoms with Gasteiger partial charge >= 0.3 is 0 Å². The average Bonchev–Trinajstić information content (AvgIpc) is 3.13. The van der Waals surface area contributed by atoms with Crippen molar-refractivity contribution in [1.82, 2.24) is 14.4 Å². The summed E-state index contributed by atoms with van der Waals surface area (Å²) >= 11 is 0. The zero-order chi connectivity index (χ0) is 16.7. The molecule has 24 heavy (non-hydrogen) atoms. The van der Waals surface area contributed by atoms with Gasteiger partial charge in [0.25, 0.3) is 0 Å². The van der Waals surface area contributed by atoms with Gasteiger partial charge in [-0.25, -0.2) is 8.42 Å². The number of hydrogen-bond donors (Lipinski definition) is 0. The molecule has 1 unspecified atom stereocenters. The predicted octanol–water partition coefficient (Wildman–Crippen LogP) is 2.00. The van der Waals surface area contributed by atoms with E-state index in [1.54, 1.807) is 0 Å². The largest absolute Gasteiger partial charge is 0.339 e. The molecule has 1 aromatic heterocycles. The van der Waals surface area contributed by atoms with Crippen molar-refractivity contribution < 1.29 is 12.9 Å². The summed E-state index contributed by atoms with van der Waals surface area (Å²) in [5, 5.41) is 12.8. The van der Waals surface area contributed by atoms with Gasteiger partial charge in [0.05, 0.1) is 22.4 Å². The van der Waals surface area contributed by atoms with Crippen molar-refractivity contribution >= 4 is 10.0 Å². The number of hydrogen-bond acceptors (Lipinski definition) is 6. The lowest BCUT2D eigenvalue weighted by molar-refractivity contribution is 0.350. The average molecular weight is 344 g/mol. The van der Waals surface area contributed by atoms with Crippen LogP contribution in [-0.4, -0.2) is 36.0 Å². The van der Waals surface area contributed by atoms with E-state index in [1.165, 1.54) is 28.6 Å². The quantitative estimate of drug-likeness (QED) is 0.841. The first-order valence-corrected chi connectivity index (χ1v) is 9.36. The van der Waals surface area contributed by atoms with E-state index in [9.17, 15) is 8.42 Å². The number of sulfonamides is 1. The van der Waals surface area contributed by atoms with Gasteiger partial charge in [-0.3, -0.25) is 0 Å². The van der Waals surface area contributed by atoms with Crippen LogP contribution in [0.15, 0.2) is 33.7 Å². The van der Waals surface area contributed by atoms with Crippen LogP contribution < -0.4 is 0 Å². The van der Waals surface area contributed by atoms with Gasteiger partial charge in [0.2, 0.25) is 15.9 Å². The van der Waals surface area contributed by atoms with Gasteiger partial charge in [-0.1, -0.05) is 5.16 Å². The van der Waals surface area contributed by atoms with Gasteiger partial charge in [0.1, 0.15) is 0 Å². The summed E-state index contributed by atoms with van der Waals surface area (Å²) in [6.07, 6.45) is 2.87. The maximum Gasteiger partial charge on any atom is 0.243 e. The Morgan fingerprint density at radius 1 is 1.17 bits per heavy atom. The molecule has 1 aliphatic heterocycles. The maximum atomic E-state index is 12.7. The molecule has 4 rings (SSSR count). The van der Waals surface area contributed by atoms with Crippen LogP contribution in [0, 0.1) is 11.3 Å². The van der Waals surface area contributed by atoms with Crippen LogP contribution in [0.3, 0.4) is 0 Å². The minimum Gasteiger partial charge on any atom is -0.339 e. The zero-order valence-corrected chi connectivity index (χ0v) is 13.7. The fourth-order valence-electron chi connectivity index (χ4n) is 2.92. The van der Waals surface area contributed by atoms with Gasteiger partial charge in [0, 0.05) is 19.0 Å². The van der Waals surface area contributed by atoms with Crippen molar-refractivity contribution in [3.05, 3.63) is 41.5 Å². The molecule has 0 bridgehead atoms. The summed E-state index contributed by atoms with van der Waals surface area (Å²) in [7, 11) is -3.57. The van der Waals surface area contributed by atoms with Crippen molar-refractivity contribution in [3.8, 4) is 6.07 Å². The Bertz CT molecular complexity index is 894. The van der Waals surface area contributed by atoms with Gasteiger partial charge in [0.15, 0.2) is 5.82 Å². The van der Waals surface area contributed by atoms with E-state index in [4.69, 9.17) is 9.78 Å². The summed E-state index contributed by atoms with van der Waals surface area (Å²) in [6.45, 7) is 0.767. The first-order chi connectivity index (χ1) is 11.6. The molecule has 2 aromatic rings. The highest BCUT2D eigenvalue weighted by molar-refractivity contribution is 7.89. The summed E-state index contributed by atoms with van der Waals surface area (Å²) in [4.78, 5) is 4.63. The maximum absolute atomic E-state index is 12.7. The van der Waals surface area contributed by atoms with Crippen LogP contribution in [0.1, 0.15) is 48.4 Å². The normalized spacial score (nSPS) is 21.7. The number of aromatic nitrogens is 2. The molecule has 7 nitrogen and oxygen atoms in total. The number of nitrogens with zero attached hydrogens (tertiary/aromatic N) is 4. The first-order valence-electron chi connectivity index (χ1n) is 7.92. The third-order valence-electron chi connectivity index (χ3n) is 4.52. The van der Waals surface area contributed by atoms with Crippen molar-refractivity contribution in [2.24, 2.45) is 0 Å². The van der Waals surface area contributed by atoms with E-state index < -0.39 is 10.0 Å². The molecular weight excluding hydrogens is 328 g/mol. The summed E-state index contributed by atoms with van der Waals surface area (Å²) in [5.74, 6) is 1.65. The zero-order valence-electron chi connectivity index (χ0n) is 12.9. The second kappa shape index (κ2) is 5.69. The van der Waals surface area contributed by atoms with Crippen LogP contribution in [0.2, 0.25) is 0 Å². The van der Waals surface area contributed by atoms with E-state index in [-0.39, 0.29) is 10.8 Å². The van der Waals surface area contributed by atoms with E-state index in [0.717, 1.165) is 18.7 Å². The first kappa shape index (κ1) is 15.3. The molecule has 0 amide bonds. The third-order valence-corrected chi connectivity index (χ3v) is 6.40. The lowest BCUT2D eigenvalue weighted by Crippen LogP contribution is -2.28. The van der Waals surface area contributed by atoms with E-state index in [2.05, 4.69) is 10.1 Å². The van der Waals surface area contributed by atoms with Crippen LogP contribution in [0.5, 0.6) is 0 Å². The van der Waals surface area contributed by atoms with Crippen molar-refractivity contribution in [2.45, 2.75) is 36.0 Å². The Balaban J connectivity index is 1.51. The van der Waals surface area contributed by atoms with Gasteiger partial charge in [-0.05, 0) is 43.5 Å². The molecule has 2 heterocycles.